The van der Waals surface area contributed by atoms with E-state index in [1.807, 2.05) is 24.3 Å². The second-order valence-corrected chi connectivity index (χ2v) is 6.24. The molecule has 0 bridgehead atoms. The summed E-state index contributed by atoms with van der Waals surface area (Å²) in [5, 5.41) is 6.32. The summed E-state index contributed by atoms with van der Waals surface area (Å²) in [4.78, 5) is 24.2. The minimum atomic E-state index is -0.221. The van der Waals surface area contributed by atoms with E-state index in [1.54, 1.807) is 24.3 Å². The molecule has 1 heterocycles. The van der Waals surface area contributed by atoms with E-state index in [-0.39, 0.29) is 30.8 Å². The molecule has 3 rings (SSSR count). The minimum absolute atomic E-state index is 0.0515. The Morgan fingerprint density at radius 2 is 1.88 bits per heavy atom. The summed E-state index contributed by atoms with van der Waals surface area (Å²) < 4.78 is 5.59. The van der Waals surface area contributed by atoms with E-state index in [0.29, 0.717) is 17.2 Å². The molecule has 2 aromatic carbocycles. The predicted molar refractivity (Wildman–Crippen MR) is 95.8 cm³/mol. The van der Waals surface area contributed by atoms with E-state index >= 15 is 0 Å². The Morgan fingerprint density at radius 3 is 2.68 bits per heavy atom. The highest BCUT2D eigenvalue weighted by molar-refractivity contribution is 6.30. The number of carbonyl (C=O) groups excluding carboxylic acids is 2. The van der Waals surface area contributed by atoms with Crippen LogP contribution in [-0.4, -0.2) is 25.0 Å². The number of benzene rings is 2. The minimum Gasteiger partial charge on any atom is -0.493 e. The number of halogens is 1. The molecule has 2 aromatic rings. The highest BCUT2D eigenvalue weighted by Crippen LogP contribution is 2.31. The van der Waals surface area contributed by atoms with Crippen molar-refractivity contribution in [2.75, 3.05) is 13.2 Å². The molecular weight excluding hydrogens is 340 g/mol. The number of ether oxygens (including phenoxy) is 1. The van der Waals surface area contributed by atoms with Crippen LogP contribution in [0.15, 0.2) is 48.5 Å². The van der Waals surface area contributed by atoms with Crippen LogP contribution in [0.1, 0.15) is 34.8 Å². The monoisotopic (exact) mass is 358 g/mol. The molecule has 0 saturated heterocycles. The molecule has 2 N–H and O–H groups in total. The van der Waals surface area contributed by atoms with Crippen molar-refractivity contribution in [3.05, 3.63) is 64.7 Å². The van der Waals surface area contributed by atoms with Crippen molar-refractivity contribution < 1.29 is 14.3 Å². The first-order valence-corrected chi connectivity index (χ1v) is 8.56. The molecule has 2 amide bonds. The molecule has 0 fully saturated rings. The van der Waals surface area contributed by atoms with Crippen molar-refractivity contribution in [3.63, 3.8) is 0 Å². The molecule has 1 atom stereocenters. The van der Waals surface area contributed by atoms with Crippen molar-refractivity contribution in [1.29, 1.82) is 0 Å². The zero-order valence-electron chi connectivity index (χ0n) is 13.6. The smallest absolute Gasteiger partial charge is 0.251 e. The van der Waals surface area contributed by atoms with Crippen molar-refractivity contribution in [3.8, 4) is 5.75 Å². The molecule has 1 aliphatic rings. The molecular formula is C19H19ClN2O3. The van der Waals surface area contributed by atoms with Gasteiger partial charge in [-0.25, -0.2) is 0 Å². The van der Waals surface area contributed by atoms with Gasteiger partial charge in [0.1, 0.15) is 5.75 Å². The quantitative estimate of drug-likeness (QED) is 0.863. The number of hydrogen-bond donors (Lipinski definition) is 2. The van der Waals surface area contributed by atoms with E-state index in [0.717, 1.165) is 17.7 Å². The van der Waals surface area contributed by atoms with E-state index in [2.05, 4.69) is 10.6 Å². The maximum absolute atomic E-state index is 12.2. The first-order chi connectivity index (χ1) is 12.1. The van der Waals surface area contributed by atoms with Crippen LogP contribution >= 0.6 is 11.6 Å². The van der Waals surface area contributed by atoms with Gasteiger partial charge in [-0.2, -0.15) is 0 Å². The summed E-state index contributed by atoms with van der Waals surface area (Å²) in [5.74, 6) is 0.495. The second kappa shape index (κ2) is 8.03. The fourth-order valence-corrected chi connectivity index (χ4v) is 2.88. The Hall–Kier alpha value is -2.53. The lowest BCUT2D eigenvalue weighted by Crippen LogP contribution is -2.34. The molecule has 0 radical (unpaired) electrons. The molecule has 0 aromatic heterocycles. The number of nitrogens with one attached hydrogen (secondary N) is 2. The van der Waals surface area contributed by atoms with Gasteiger partial charge in [-0.15, -0.1) is 0 Å². The highest BCUT2D eigenvalue weighted by atomic mass is 35.5. The van der Waals surface area contributed by atoms with Gasteiger partial charge in [0.25, 0.3) is 5.91 Å². The van der Waals surface area contributed by atoms with Gasteiger partial charge < -0.3 is 15.4 Å². The Labute approximate surface area is 151 Å². The SMILES string of the molecule is O=C(CCNC(=O)c1ccc(Cl)cc1)N[C@@H]1CCOc2ccccc21. The Morgan fingerprint density at radius 1 is 1.12 bits per heavy atom. The fraction of sp³-hybridized carbons (Fsp3) is 0.263. The van der Waals surface area contributed by atoms with E-state index in [1.165, 1.54) is 0 Å². The van der Waals surface area contributed by atoms with Gasteiger partial charge in [0.2, 0.25) is 5.91 Å². The molecule has 130 valence electrons. The summed E-state index contributed by atoms with van der Waals surface area (Å²) in [6.45, 7) is 0.855. The third-order valence-electron chi connectivity index (χ3n) is 4.04. The predicted octanol–water partition coefficient (Wildman–Crippen LogP) is 3.10. The summed E-state index contributed by atoms with van der Waals surface area (Å²) >= 11 is 5.80. The lowest BCUT2D eigenvalue weighted by molar-refractivity contribution is -0.121. The van der Waals surface area contributed by atoms with Crippen LogP contribution < -0.4 is 15.4 Å². The average molecular weight is 359 g/mol. The average Bonchev–Trinajstić information content (AvgIpc) is 2.62. The van der Waals surface area contributed by atoms with Crippen molar-refractivity contribution in [1.82, 2.24) is 10.6 Å². The third-order valence-corrected chi connectivity index (χ3v) is 4.29. The van der Waals surface area contributed by atoms with Gasteiger partial charge in [0.05, 0.1) is 12.6 Å². The van der Waals surface area contributed by atoms with Crippen LogP contribution in [0.2, 0.25) is 5.02 Å². The summed E-state index contributed by atoms with van der Waals surface area (Å²) in [6, 6.07) is 14.3. The van der Waals surface area contributed by atoms with Gasteiger partial charge in [-0.3, -0.25) is 9.59 Å². The highest BCUT2D eigenvalue weighted by Gasteiger charge is 2.22. The Bertz CT molecular complexity index is 762. The van der Waals surface area contributed by atoms with E-state index < -0.39 is 0 Å². The van der Waals surface area contributed by atoms with Crippen molar-refractivity contribution >= 4 is 23.4 Å². The van der Waals surface area contributed by atoms with Gasteiger partial charge in [-0.1, -0.05) is 29.8 Å². The Balaban J connectivity index is 1.47. The van der Waals surface area contributed by atoms with Crippen molar-refractivity contribution in [2.45, 2.75) is 18.9 Å². The summed E-state index contributed by atoms with van der Waals surface area (Å²) in [6.07, 6.45) is 0.957. The van der Waals surface area contributed by atoms with Crippen LogP contribution in [0.3, 0.4) is 0 Å². The first-order valence-electron chi connectivity index (χ1n) is 8.18. The molecule has 25 heavy (non-hydrogen) atoms. The molecule has 6 heteroatoms. The van der Waals surface area contributed by atoms with Crippen LogP contribution in [0.5, 0.6) is 5.75 Å². The number of hydrogen-bond acceptors (Lipinski definition) is 3. The number of rotatable bonds is 5. The van der Waals surface area contributed by atoms with Gasteiger partial charge in [-0.05, 0) is 30.3 Å². The summed E-state index contributed by atoms with van der Waals surface area (Å²) in [5.41, 5.74) is 1.51. The Kier molecular flexibility index (Phi) is 5.56. The standard InChI is InChI=1S/C19H19ClN2O3/c20-14-7-5-13(6-8-14)19(24)21-11-9-18(23)22-16-10-12-25-17-4-2-1-3-15(16)17/h1-8,16H,9-12H2,(H,21,24)(H,22,23)/t16-/m1/s1. The third kappa shape index (κ3) is 4.51. The zero-order valence-corrected chi connectivity index (χ0v) is 14.4. The maximum Gasteiger partial charge on any atom is 0.251 e. The molecule has 0 unspecified atom stereocenters. The van der Waals surface area contributed by atoms with Crippen LogP contribution in [-0.2, 0) is 4.79 Å². The van der Waals surface area contributed by atoms with Crippen LogP contribution in [0, 0.1) is 0 Å². The summed E-state index contributed by atoms with van der Waals surface area (Å²) in [7, 11) is 0. The topological polar surface area (TPSA) is 67.4 Å². The molecule has 0 spiro atoms. The van der Waals surface area contributed by atoms with Gasteiger partial charge >= 0.3 is 0 Å². The maximum atomic E-state index is 12.2. The van der Waals surface area contributed by atoms with Crippen LogP contribution in [0.4, 0.5) is 0 Å². The molecule has 1 aliphatic heterocycles. The zero-order chi connectivity index (χ0) is 17.6. The van der Waals surface area contributed by atoms with Gasteiger partial charge in [0.15, 0.2) is 0 Å². The molecule has 0 saturated carbocycles. The van der Waals surface area contributed by atoms with Crippen molar-refractivity contribution in [2.24, 2.45) is 0 Å². The van der Waals surface area contributed by atoms with E-state index in [9.17, 15) is 9.59 Å². The number of para-hydroxylation sites is 1. The largest absolute Gasteiger partial charge is 0.493 e. The lowest BCUT2D eigenvalue weighted by atomic mass is 10.0. The number of amides is 2. The van der Waals surface area contributed by atoms with Crippen LogP contribution in [0.25, 0.3) is 0 Å². The fourth-order valence-electron chi connectivity index (χ4n) is 2.75. The number of fused-ring (bicyclic) bond motifs is 1. The molecule has 5 nitrogen and oxygen atoms in total. The lowest BCUT2D eigenvalue weighted by Gasteiger charge is -2.26. The number of carbonyl (C=O) groups is 2. The second-order valence-electron chi connectivity index (χ2n) is 5.81. The molecule has 0 aliphatic carbocycles. The normalized spacial score (nSPS) is 15.6. The van der Waals surface area contributed by atoms with E-state index in [4.69, 9.17) is 16.3 Å². The van der Waals surface area contributed by atoms with Gasteiger partial charge in [0, 0.05) is 35.5 Å². The first kappa shape index (κ1) is 17.3.